The van der Waals surface area contributed by atoms with E-state index in [4.69, 9.17) is 5.84 Å². The van der Waals surface area contributed by atoms with Gasteiger partial charge in [-0.1, -0.05) is 149 Å². The number of amides is 4. The lowest BCUT2D eigenvalue weighted by atomic mass is 9.96. The van der Waals surface area contributed by atoms with E-state index in [1.165, 1.54) is 0 Å². The molecule has 0 bridgehead atoms. The number of rotatable bonds is 18. The lowest BCUT2D eigenvalue weighted by Crippen LogP contribution is -2.69. The zero-order valence-electron chi connectivity index (χ0n) is 31.2. The number of aliphatic hydroxyl groups excluding tert-OH is 1. The molecule has 4 amide bonds. The van der Waals surface area contributed by atoms with E-state index in [1.54, 1.807) is 0 Å². The zero-order valence-corrected chi connectivity index (χ0v) is 31.2. The third-order valence-corrected chi connectivity index (χ3v) is 9.28. The first-order valence-electron chi connectivity index (χ1n) is 18.3. The molecule has 5 atom stereocenters. The van der Waals surface area contributed by atoms with Crippen LogP contribution < -0.4 is 21.8 Å². The van der Waals surface area contributed by atoms with Gasteiger partial charge in [-0.2, -0.15) is 10.4 Å². The van der Waals surface area contributed by atoms with Crippen LogP contribution in [-0.2, 0) is 45.0 Å². The lowest BCUT2D eigenvalue weighted by molar-refractivity contribution is -0.883. The number of benzene rings is 4. The van der Waals surface area contributed by atoms with Gasteiger partial charge in [0.25, 0.3) is 0 Å². The molecule has 280 valence electrons. The third-order valence-electron chi connectivity index (χ3n) is 9.28. The summed E-state index contributed by atoms with van der Waals surface area (Å²) in [6.45, 7) is 7.12. The van der Waals surface area contributed by atoms with Crippen molar-refractivity contribution >= 4 is 23.6 Å². The summed E-state index contributed by atoms with van der Waals surface area (Å²) in [6, 6.07) is 34.5. The molecule has 0 heterocycles. The number of quaternary nitrogens is 1. The molecule has 6 N–H and O–H groups in total. The van der Waals surface area contributed by atoms with Crippen molar-refractivity contribution in [2.75, 3.05) is 6.54 Å². The second kappa shape index (κ2) is 19.6. The van der Waals surface area contributed by atoms with E-state index in [-0.39, 0.29) is 56.0 Å². The molecule has 0 saturated carbocycles. The first-order valence-corrected chi connectivity index (χ1v) is 18.3. The van der Waals surface area contributed by atoms with E-state index in [0.717, 1.165) is 22.3 Å². The van der Waals surface area contributed by atoms with Gasteiger partial charge in [0.2, 0.25) is 17.7 Å². The van der Waals surface area contributed by atoms with Crippen LogP contribution in [0, 0.1) is 11.8 Å². The largest absolute Gasteiger partial charge is 0.385 e. The van der Waals surface area contributed by atoms with E-state index < -0.39 is 40.6 Å². The molecule has 10 nitrogen and oxygen atoms in total. The fraction of sp³-hybridized carbons (Fsp3) is 0.349. The molecule has 4 rings (SSSR count). The van der Waals surface area contributed by atoms with Gasteiger partial charge < -0.3 is 21.1 Å². The summed E-state index contributed by atoms with van der Waals surface area (Å²) in [7, 11) is 0. The van der Waals surface area contributed by atoms with Gasteiger partial charge >= 0.3 is 5.91 Å². The average Bonchev–Trinajstić information content (AvgIpc) is 3.13. The molecule has 4 aromatic rings. The minimum atomic E-state index is -1.31. The standard InChI is InChI=1S/C43H53N5O5/c1-30(2)40(46-38(50)26-33-19-11-6-12-20-33)42(52)45-36(25-32-17-9-5-10-18-32)37(49)29-48(44,28-35-23-15-8-16-24-35)43(53)41(31(3)4)47-39(51)27-34-21-13-7-14-22-34/h5-24,30-31,36-37,40-41,49H,25-29,44H2,1-4H3,(H2-,45,46,47,50,51,52)/p+1/t36-,37-,40-,41-,48?/m0/s1. The van der Waals surface area contributed by atoms with Crippen LogP contribution in [0.15, 0.2) is 121 Å². The first kappa shape index (κ1) is 40.6. The summed E-state index contributed by atoms with van der Waals surface area (Å²) in [5, 5.41) is 20.8. The van der Waals surface area contributed by atoms with Crippen molar-refractivity contribution in [3.8, 4) is 0 Å². The van der Waals surface area contributed by atoms with Crippen molar-refractivity contribution in [2.45, 2.75) is 77.7 Å². The van der Waals surface area contributed by atoms with Crippen LogP contribution in [-0.4, -0.2) is 64.1 Å². The van der Waals surface area contributed by atoms with Gasteiger partial charge in [0.05, 0.1) is 18.9 Å². The maximum atomic E-state index is 14.6. The Bertz CT molecular complexity index is 1760. The SMILES string of the molecule is CC(C)[C@H](NC(=O)Cc1ccccc1)C(=O)N[C@@H](Cc1ccccc1)[C@@H](O)C[N+](N)(Cc1ccccc1)C(=O)[C@@H](NC(=O)Cc1ccccc1)C(C)C. The van der Waals surface area contributed by atoms with Crippen molar-refractivity contribution in [3.63, 3.8) is 0 Å². The van der Waals surface area contributed by atoms with Crippen molar-refractivity contribution in [1.29, 1.82) is 0 Å². The summed E-state index contributed by atoms with van der Waals surface area (Å²) in [5.41, 5.74) is 3.24. The fourth-order valence-electron chi connectivity index (χ4n) is 6.36. The van der Waals surface area contributed by atoms with Gasteiger partial charge in [-0.3, -0.25) is 14.4 Å². The Morgan fingerprint density at radius 3 is 1.42 bits per heavy atom. The zero-order chi connectivity index (χ0) is 38.4. The Balaban J connectivity index is 1.60. The van der Waals surface area contributed by atoms with Crippen LogP contribution >= 0.6 is 0 Å². The summed E-state index contributed by atoms with van der Waals surface area (Å²) >= 11 is 0. The van der Waals surface area contributed by atoms with Crippen LogP contribution in [0.25, 0.3) is 0 Å². The number of nitrogens with two attached hydrogens (primary N) is 1. The second-order valence-corrected chi connectivity index (χ2v) is 14.5. The molecule has 0 aliphatic rings. The van der Waals surface area contributed by atoms with Crippen molar-refractivity contribution in [2.24, 2.45) is 17.7 Å². The number of aliphatic hydroxyl groups is 1. The predicted octanol–water partition coefficient (Wildman–Crippen LogP) is 4.26. The van der Waals surface area contributed by atoms with Gasteiger partial charge in [0, 0.05) is 5.56 Å². The number of carbonyl (C=O) groups excluding carboxylic acids is 4. The van der Waals surface area contributed by atoms with Gasteiger partial charge in [0.1, 0.15) is 31.3 Å². The van der Waals surface area contributed by atoms with Crippen molar-refractivity contribution < 1.29 is 28.9 Å². The lowest BCUT2D eigenvalue weighted by Gasteiger charge is -2.37. The minimum Gasteiger partial charge on any atom is -0.385 e. The normalized spacial score (nSPS) is 14.7. The smallest absolute Gasteiger partial charge is 0.355 e. The highest BCUT2D eigenvalue weighted by atomic mass is 16.3. The van der Waals surface area contributed by atoms with E-state index >= 15 is 0 Å². The van der Waals surface area contributed by atoms with Crippen LogP contribution in [0.1, 0.15) is 49.9 Å². The molecule has 0 aliphatic heterocycles. The van der Waals surface area contributed by atoms with Gasteiger partial charge in [-0.15, -0.1) is 0 Å². The third kappa shape index (κ3) is 12.5. The highest BCUT2D eigenvalue weighted by molar-refractivity contribution is 5.89. The molecule has 0 radical (unpaired) electrons. The number of carbonyl (C=O) groups is 4. The number of nitrogens with zero attached hydrogens (tertiary/aromatic N) is 1. The number of hydrogen-bond donors (Lipinski definition) is 5. The maximum Gasteiger partial charge on any atom is 0.355 e. The van der Waals surface area contributed by atoms with Crippen molar-refractivity contribution in [3.05, 3.63) is 144 Å². The van der Waals surface area contributed by atoms with Crippen LogP contribution in [0.5, 0.6) is 0 Å². The highest BCUT2D eigenvalue weighted by Gasteiger charge is 2.45. The summed E-state index contributed by atoms with van der Waals surface area (Å²) in [4.78, 5) is 54.8. The maximum absolute atomic E-state index is 14.6. The van der Waals surface area contributed by atoms with Crippen LogP contribution in [0.3, 0.4) is 0 Å². The molecule has 10 heteroatoms. The first-order chi connectivity index (χ1) is 25.3. The Hall–Kier alpha value is -5.16. The van der Waals surface area contributed by atoms with E-state index in [0.29, 0.717) is 0 Å². The molecule has 0 fully saturated rings. The Kier molecular flexibility index (Phi) is 15.0. The Labute approximate surface area is 313 Å². The van der Waals surface area contributed by atoms with Crippen molar-refractivity contribution in [1.82, 2.24) is 16.0 Å². The monoisotopic (exact) mass is 720 g/mol. The molecule has 0 saturated heterocycles. The van der Waals surface area contributed by atoms with E-state index in [2.05, 4.69) is 16.0 Å². The molecular formula is C43H54N5O5+. The molecule has 53 heavy (non-hydrogen) atoms. The summed E-state index contributed by atoms with van der Waals surface area (Å²) in [5.74, 6) is 4.93. The highest BCUT2D eigenvalue weighted by Crippen LogP contribution is 2.19. The van der Waals surface area contributed by atoms with E-state index in [9.17, 15) is 24.3 Å². The quantitative estimate of drug-likeness (QED) is 0.0449. The summed E-state index contributed by atoms with van der Waals surface area (Å²) in [6.07, 6.45) is -0.872. The predicted molar refractivity (Wildman–Crippen MR) is 206 cm³/mol. The van der Waals surface area contributed by atoms with E-state index in [1.807, 2.05) is 149 Å². The molecule has 0 spiro atoms. The fourth-order valence-corrected chi connectivity index (χ4v) is 6.36. The van der Waals surface area contributed by atoms with Crippen LogP contribution in [0.2, 0.25) is 0 Å². The van der Waals surface area contributed by atoms with Gasteiger partial charge in [-0.25, -0.2) is 4.79 Å². The topological polar surface area (TPSA) is 151 Å². The van der Waals surface area contributed by atoms with Gasteiger partial charge in [0.15, 0.2) is 0 Å². The average molecular weight is 721 g/mol. The Morgan fingerprint density at radius 2 is 0.981 bits per heavy atom. The number of nitrogens with one attached hydrogen (secondary N) is 3. The second-order valence-electron chi connectivity index (χ2n) is 14.5. The Morgan fingerprint density at radius 1 is 0.585 bits per heavy atom. The summed E-state index contributed by atoms with van der Waals surface area (Å²) < 4.78 is -0.734. The molecule has 1 unspecified atom stereocenters. The van der Waals surface area contributed by atoms with Gasteiger partial charge in [-0.05, 0) is 34.9 Å². The molecule has 0 aromatic heterocycles. The molecular weight excluding hydrogens is 667 g/mol. The number of hydrogen-bond acceptors (Lipinski definition) is 6. The van der Waals surface area contributed by atoms with Crippen LogP contribution in [0.4, 0.5) is 0 Å². The molecule has 4 aromatic carbocycles. The molecule has 0 aliphatic carbocycles. The minimum absolute atomic E-state index is 0.0324.